The molecule has 2 rings (SSSR count). The first kappa shape index (κ1) is 16.9. The molecule has 0 aromatic heterocycles. The van der Waals surface area contributed by atoms with Crippen LogP contribution in [0.3, 0.4) is 0 Å². The molecule has 0 aliphatic carbocycles. The summed E-state index contributed by atoms with van der Waals surface area (Å²) in [7, 11) is 0. The Morgan fingerprint density at radius 3 is 2.43 bits per heavy atom. The van der Waals surface area contributed by atoms with E-state index >= 15 is 0 Å². The largest absolute Gasteiger partial charge is 0.416 e. The van der Waals surface area contributed by atoms with Gasteiger partial charge in [0.05, 0.1) is 5.56 Å². The summed E-state index contributed by atoms with van der Waals surface area (Å²) >= 11 is 0. The molecule has 0 aliphatic rings. The average Bonchev–Trinajstić information content (AvgIpc) is 2.47. The predicted molar refractivity (Wildman–Crippen MR) is 83.2 cm³/mol. The zero-order valence-corrected chi connectivity index (χ0v) is 12.8. The Morgan fingerprint density at radius 1 is 1.09 bits per heavy atom. The van der Waals surface area contributed by atoms with E-state index in [1.54, 1.807) is 6.07 Å². The highest BCUT2D eigenvalue weighted by atomic mass is 19.4. The van der Waals surface area contributed by atoms with E-state index in [9.17, 15) is 18.0 Å². The minimum atomic E-state index is -4.44. The molecule has 2 N–H and O–H groups in total. The highest BCUT2D eigenvalue weighted by Gasteiger charge is 2.32. The van der Waals surface area contributed by atoms with E-state index in [0.717, 1.165) is 17.2 Å². The van der Waals surface area contributed by atoms with Crippen LogP contribution in [0.15, 0.2) is 42.5 Å². The first-order chi connectivity index (χ1) is 10.8. The number of carbonyl (C=O) groups excluding carboxylic acids is 1. The molecule has 2 amide bonds. The summed E-state index contributed by atoms with van der Waals surface area (Å²) in [6.45, 7) is 3.58. The summed E-state index contributed by atoms with van der Waals surface area (Å²) in [6, 6.07) is 10.1. The van der Waals surface area contributed by atoms with Crippen LogP contribution in [0.25, 0.3) is 0 Å². The van der Waals surface area contributed by atoms with Gasteiger partial charge in [0.25, 0.3) is 0 Å². The fourth-order valence-corrected chi connectivity index (χ4v) is 2.25. The Morgan fingerprint density at radius 2 is 1.78 bits per heavy atom. The Balaban J connectivity index is 2.03. The van der Waals surface area contributed by atoms with Crippen molar-refractivity contribution in [3.63, 3.8) is 0 Å². The molecule has 122 valence electrons. The Kier molecular flexibility index (Phi) is 4.93. The topological polar surface area (TPSA) is 41.1 Å². The van der Waals surface area contributed by atoms with Gasteiger partial charge in [0, 0.05) is 12.2 Å². The van der Waals surface area contributed by atoms with Gasteiger partial charge in [-0.3, -0.25) is 0 Å². The molecule has 2 aromatic carbocycles. The Labute approximate surface area is 132 Å². The van der Waals surface area contributed by atoms with Gasteiger partial charge in [-0.2, -0.15) is 13.2 Å². The molecular weight excluding hydrogens is 305 g/mol. The van der Waals surface area contributed by atoms with Gasteiger partial charge in [0.15, 0.2) is 0 Å². The van der Waals surface area contributed by atoms with Crippen LogP contribution in [0.4, 0.5) is 23.7 Å². The maximum atomic E-state index is 12.9. The highest BCUT2D eigenvalue weighted by Crippen LogP contribution is 2.31. The normalized spacial score (nSPS) is 11.2. The van der Waals surface area contributed by atoms with E-state index in [-0.39, 0.29) is 12.1 Å². The van der Waals surface area contributed by atoms with Crippen LogP contribution in [0.1, 0.15) is 22.3 Å². The lowest BCUT2D eigenvalue weighted by molar-refractivity contribution is -0.138. The van der Waals surface area contributed by atoms with Crippen LogP contribution in [0.2, 0.25) is 0 Å². The molecule has 6 heteroatoms. The van der Waals surface area contributed by atoms with Crippen molar-refractivity contribution >= 4 is 11.7 Å². The van der Waals surface area contributed by atoms with Gasteiger partial charge in [-0.15, -0.1) is 0 Å². The van der Waals surface area contributed by atoms with Crippen LogP contribution >= 0.6 is 0 Å². The minimum absolute atomic E-state index is 0.0239. The second-order valence-electron chi connectivity index (χ2n) is 5.28. The van der Waals surface area contributed by atoms with Gasteiger partial charge in [-0.1, -0.05) is 35.9 Å². The number of halogens is 3. The molecule has 0 saturated carbocycles. The molecule has 3 nitrogen and oxygen atoms in total. The van der Waals surface area contributed by atoms with Gasteiger partial charge in [0.1, 0.15) is 0 Å². The summed E-state index contributed by atoms with van der Waals surface area (Å²) in [5, 5.41) is 5.09. The standard InChI is InChI=1S/C17H17F3N2O/c1-11-7-8-15(12(2)9-11)22-16(23)21-10-13-5-3-4-6-14(13)17(18,19)20/h3-9H,10H2,1-2H3,(H2,21,22,23). The maximum Gasteiger partial charge on any atom is 0.416 e. The fourth-order valence-electron chi connectivity index (χ4n) is 2.25. The Hall–Kier alpha value is -2.50. The first-order valence-corrected chi connectivity index (χ1v) is 7.04. The molecule has 0 aliphatic heterocycles. The predicted octanol–water partition coefficient (Wildman–Crippen LogP) is 4.64. The van der Waals surface area contributed by atoms with E-state index in [1.165, 1.54) is 18.2 Å². The van der Waals surface area contributed by atoms with E-state index in [0.29, 0.717) is 5.69 Å². The van der Waals surface area contributed by atoms with E-state index in [2.05, 4.69) is 10.6 Å². The Bertz CT molecular complexity index is 711. The van der Waals surface area contributed by atoms with Crippen LogP contribution in [0.5, 0.6) is 0 Å². The van der Waals surface area contributed by atoms with Crippen molar-refractivity contribution in [2.45, 2.75) is 26.6 Å². The van der Waals surface area contributed by atoms with E-state index in [4.69, 9.17) is 0 Å². The lowest BCUT2D eigenvalue weighted by Crippen LogP contribution is -2.29. The van der Waals surface area contributed by atoms with Crippen molar-refractivity contribution in [2.75, 3.05) is 5.32 Å². The smallest absolute Gasteiger partial charge is 0.334 e. The number of nitrogens with one attached hydrogen (secondary N) is 2. The van der Waals surface area contributed by atoms with Gasteiger partial charge >= 0.3 is 12.2 Å². The lowest BCUT2D eigenvalue weighted by Gasteiger charge is -2.14. The van der Waals surface area contributed by atoms with Gasteiger partial charge in [-0.05, 0) is 37.1 Å². The molecular formula is C17H17F3N2O. The second-order valence-corrected chi connectivity index (χ2v) is 5.28. The van der Waals surface area contributed by atoms with Gasteiger partial charge in [0.2, 0.25) is 0 Å². The number of aryl methyl sites for hydroxylation is 2. The first-order valence-electron chi connectivity index (χ1n) is 7.04. The third kappa shape index (κ3) is 4.48. The summed E-state index contributed by atoms with van der Waals surface area (Å²) in [4.78, 5) is 11.9. The molecule has 0 spiro atoms. The maximum absolute atomic E-state index is 12.9. The van der Waals surface area contributed by atoms with Crippen molar-refractivity contribution in [1.82, 2.24) is 5.32 Å². The van der Waals surface area contributed by atoms with Crippen molar-refractivity contribution in [3.05, 3.63) is 64.7 Å². The summed E-state index contributed by atoms with van der Waals surface area (Å²) < 4.78 is 38.6. The van der Waals surface area contributed by atoms with E-state index < -0.39 is 17.8 Å². The molecule has 0 heterocycles. The molecule has 0 unspecified atom stereocenters. The van der Waals surface area contributed by atoms with Crippen LogP contribution < -0.4 is 10.6 Å². The SMILES string of the molecule is Cc1ccc(NC(=O)NCc2ccccc2C(F)(F)F)c(C)c1. The average molecular weight is 322 g/mol. The summed E-state index contributed by atoms with van der Waals surface area (Å²) in [6.07, 6.45) is -4.44. The number of benzene rings is 2. The molecule has 0 saturated heterocycles. The lowest BCUT2D eigenvalue weighted by atomic mass is 10.1. The van der Waals surface area contributed by atoms with Crippen molar-refractivity contribution in [2.24, 2.45) is 0 Å². The number of anilines is 1. The highest BCUT2D eigenvalue weighted by molar-refractivity contribution is 5.90. The quantitative estimate of drug-likeness (QED) is 0.849. The number of rotatable bonds is 3. The number of alkyl halides is 3. The molecule has 23 heavy (non-hydrogen) atoms. The van der Waals surface area contributed by atoms with Gasteiger partial charge in [-0.25, -0.2) is 4.79 Å². The van der Waals surface area contributed by atoms with Crippen molar-refractivity contribution in [3.8, 4) is 0 Å². The third-order valence-corrected chi connectivity index (χ3v) is 3.39. The second kappa shape index (κ2) is 6.73. The molecule has 0 fully saturated rings. The minimum Gasteiger partial charge on any atom is -0.334 e. The number of carbonyl (C=O) groups is 1. The number of hydrogen-bond acceptors (Lipinski definition) is 1. The summed E-state index contributed by atoms with van der Waals surface area (Å²) in [5.74, 6) is 0. The monoisotopic (exact) mass is 322 g/mol. The van der Waals surface area contributed by atoms with Crippen molar-refractivity contribution < 1.29 is 18.0 Å². The fraction of sp³-hybridized carbons (Fsp3) is 0.235. The van der Waals surface area contributed by atoms with Gasteiger partial charge < -0.3 is 10.6 Å². The molecule has 2 aromatic rings. The van der Waals surface area contributed by atoms with Crippen LogP contribution in [-0.4, -0.2) is 6.03 Å². The number of urea groups is 1. The van der Waals surface area contributed by atoms with Crippen LogP contribution in [0, 0.1) is 13.8 Å². The third-order valence-electron chi connectivity index (χ3n) is 3.39. The van der Waals surface area contributed by atoms with E-state index in [1.807, 2.05) is 26.0 Å². The zero-order valence-electron chi connectivity index (χ0n) is 12.8. The molecule has 0 atom stereocenters. The molecule has 0 radical (unpaired) electrons. The summed E-state index contributed by atoms with van der Waals surface area (Å²) in [5.41, 5.74) is 1.85. The van der Waals surface area contributed by atoms with Crippen molar-refractivity contribution in [1.29, 1.82) is 0 Å². The zero-order chi connectivity index (χ0) is 17.0. The number of hydrogen-bond donors (Lipinski definition) is 2. The van der Waals surface area contributed by atoms with Crippen LogP contribution in [-0.2, 0) is 12.7 Å². The number of amides is 2. The molecule has 0 bridgehead atoms.